The van der Waals surface area contributed by atoms with Crippen LogP contribution in [0.4, 0.5) is 0 Å². The number of carboxylic acid groups (broad SMARTS) is 1. The second kappa shape index (κ2) is 4.94. The van der Waals surface area contributed by atoms with Gasteiger partial charge < -0.3 is 5.11 Å². The van der Waals surface area contributed by atoms with E-state index >= 15 is 0 Å². The van der Waals surface area contributed by atoms with Crippen LogP contribution in [0.1, 0.15) is 19.3 Å². The molecule has 0 aromatic heterocycles. The third kappa shape index (κ3) is 2.58. The number of carbonyl (C=O) groups is 1. The van der Waals surface area contributed by atoms with E-state index in [4.69, 9.17) is 28.3 Å². The Balaban J connectivity index is 2.41. The zero-order valence-electron chi connectivity index (χ0n) is 9.69. The predicted molar refractivity (Wildman–Crippen MR) is 71.0 cm³/mol. The number of benzene rings is 1. The molecule has 1 aliphatic carbocycles. The van der Waals surface area contributed by atoms with Gasteiger partial charge in [-0.1, -0.05) is 29.3 Å². The number of halogens is 2. The number of aliphatic carboxylic acids is 1. The number of sulfonamides is 1. The minimum absolute atomic E-state index is 0.0418. The second-order valence-electron chi connectivity index (χ2n) is 4.40. The first-order chi connectivity index (χ1) is 8.78. The van der Waals surface area contributed by atoms with Crippen LogP contribution in [0.5, 0.6) is 0 Å². The zero-order chi connectivity index (χ0) is 14.3. The molecule has 1 aliphatic rings. The molecule has 0 aliphatic heterocycles. The topological polar surface area (TPSA) is 83.5 Å². The van der Waals surface area contributed by atoms with Crippen molar-refractivity contribution in [3.63, 3.8) is 0 Å². The summed E-state index contributed by atoms with van der Waals surface area (Å²) in [5, 5.41) is 9.06. The molecule has 0 saturated heterocycles. The fraction of sp³-hybridized carbons (Fsp3) is 0.364. The Kier molecular flexibility index (Phi) is 3.79. The van der Waals surface area contributed by atoms with Crippen LogP contribution in [0.2, 0.25) is 10.0 Å². The Morgan fingerprint density at radius 1 is 1.26 bits per heavy atom. The Hall–Kier alpha value is -0.820. The van der Waals surface area contributed by atoms with Gasteiger partial charge in [-0.3, -0.25) is 4.79 Å². The first-order valence-corrected chi connectivity index (χ1v) is 7.74. The second-order valence-corrected chi connectivity index (χ2v) is 6.83. The Morgan fingerprint density at radius 2 is 1.79 bits per heavy atom. The molecule has 0 spiro atoms. The third-order valence-electron chi connectivity index (χ3n) is 3.13. The maximum atomic E-state index is 12.2. The monoisotopic (exact) mass is 323 g/mol. The van der Waals surface area contributed by atoms with Gasteiger partial charge in [0.2, 0.25) is 10.0 Å². The maximum Gasteiger partial charge on any atom is 0.324 e. The van der Waals surface area contributed by atoms with E-state index in [9.17, 15) is 13.2 Å². The fourth-order valence-corrected chi connectivity index (χ4v) is 4.50. The summed E-state index contributed by atoms with van der Waals surface area (Å²) in [6, 6.07) is 4.28. The van der Waals surface area contributed by atoms with E-state index in [0.29, 0.717) is 6.42 Å². The zero-order valence-corrected chi connectivity index (χ0v) is 12.0. The summed E-state index contributed by atoms with van der Waals surface area (Å²) in [6.07, 6.45) is 1.17. The molecular formula is C11H11Cl2NO4S. The molecule has 1 aromatic rings. The summed E-state index contributed by atoms with van der Waals surface area (Å²) in [5.74, 6) is -1.19. The van der Waals surface area contributed by atoms with E-state index < -0.39 is 21.5 Å². The third-order valence-corrected chi connectivity index (χ3v) is 5.62. The van der Waals surface area contributed by atoms with E-state index in [1.54, 1.807) is 0 Å². The van der Waals surface area contributed by atoms with E-state index in [1.165, 1.54) is 18.2 Å². The lowest BCUT2D eigenvalue weighted by Gasteiger charge is -2.37. The van der Waals surface area contributed by atoms with Crippen LogP contribution in [0.25, 0.3) is 0 Å². The van der Waals surface area contributed by atoms with Crippen molar-refractivity contribution in [3.05, 3.63) is 28.2 Å². The van der Waals surface area contributed by atoms with Gasteiger partial charge in [-0.2, -0.15) is 4.72 Å². The molecule has 19 heavy (non-hydrogen) atoms. The van der Waals surface area contributed by atoms with Gasteiger partial charge in [0.15, 0.2) is 0 Å². The molecule has 0 bridgehead atoms. The van der Waals surface area contributed by atoms with E-state index in [1.807, 2.05) is 0 Å². The van der Waals surface area contributed by atoms with Gasteiger partial charge in [0.25, 0.3) is 0 Å². The molecule has 0 heterocycles. The lowest BCUT2D eigenvalue weighted by Crippen LogP contribution is -2.58. The van der Waals surface area contributed by atoms with Gasteiger partial charge in [-0.05, 0) is 31.4 Å². The summed E-state index contributed by atoms with van der Waals surface area (Å²) >= 11 is 11.7. The van der Waals surface area contributed by atoms with Gasteiger partial charge in [-0.15, -0.1) is 0 Å². The molecule has 1 saturated carbocycles. The highest BCUT2D eigenvalue weighted by Crippen LogP contribution is 2.36. The molecule has 1 aromatic carbocycles. The van der Waals surface area contributed by atoms with E-state index in [0.717, 1.165) is 0 Å². The van der Waals surface area contributed by atoms with Crippen LogP contribution >= 0.6 is 23.2 Å². The molecule has 8 heteroatoms. The molecule has 0 radical (unpaired) electrons. The summed E-state index contributed by atoms with van der Waals surface area (Å²) in [5.41, 5.74) is -1.44. The first-order valence-electron chi connectivity index (χ1n) is 5.50. The summed E-state index contributed by atoms with van der Waals surface area (Å²) in [7, 11) is -4.08. The van der Waals surface area contributed by atoms with Gasteiger partial charge >= 0.3 is 5.97 Å². The number of carboxylic acids is 1. The number of rotatable bonds is 4. The van der Waals surface area contributed by atoms with Gasteiger partial charge in [-0.25, -0.2) is 8.42 Å². The molecule has 0 amide bonds. The molecular weight excluding hydrogens is 313 g/mol. The lowest BCUT2D eigenvalue weighted by molar-refractivity contribution is -0.147. The largest absolute Gasteiger partial charge is 0.480 e. The quantitative estimate of drug-likeness (QED) is 0.890. The number of nitrogens with one attached hydrogen (secondary N) is 1. The van der Waals surface area contributed by atoms with Gasteiger partial charge in [0.1, 0.15) is 10.4 Å². The molecule has 104 valence electrons. The van der Waals surface area contributed by atoms with Crippen LogP contribution in [-0.4, -0.2) is 25.0 Å². The lowest BCUT2D eigenvalue weighted by atomic mass is 9.78. The number of hydrogen-bond donors (Lipinski definition) is 2. The van der Waals surface area contributed by atoms with E-state index in [2.05, 4.69) is 4.72 Å². The maximum absolute atomic E-state index is 12.2. The van der Waals surface area contributed by atoms with Crippen molar-refractivity contribution >= 4 is 39.2 Å². The van der Waals surface area contributed by atoms with Crippen molar-refractivity contribution in [2.75, 3.05) is 0 Å². The van der Waals surface area contributed by atoms with Crippen molar-refractivity contribution in [2.24, 2.45) is 0 Å². The molecule has 1 fully saturated rings. The van der Waals surface area contributed by atoms with Crippen molar-refractivity contribution in [1.82, 2.24) is 4.72 Å². The van der Waals surface area contributed by atoms with Crippen LogP contribution in [0.15, 0.2) is 23.1 Å². The Morgan fingerprint density at radius 3 is 2.16 bits per heavy atom. The molecule has 2 N–H and O–H groups in total. The number of hydrogen-bond acceptors (Lipinski definition) is 3. The standard InChI is InChI=1S/C11H11Cl2NO4S/c12-7-3-1-4-8(13)9(7)19(17,18)14-11(10(15)16)5-2-6-11/h1,3-4,14H,2,5-6H2,(H,15,16). The fourth-order valence-electron chi connectivity index (χ4n) is 1.94. The predicted octanol–water partition coefficient (Wildman–Crippen LogP) is 2.28. The van der Waals surface area contributed by atoms with Gasteiger partial charge in [0.05, 0.1) is 10.0 Å². The minimum Gasteiger partial charge on any atom is -0.480 e. The highest BCUT2D eigenvalue weighted by atomic mass is 35.5. The Labute approximate surface area is 120 Å². The minimum atomic E-state index is -4.08. The van der Waals surface area contributed by atoms with E-state index in [-0.39, 0.29) is 27.8 Å². The van der Waals surface area contributed by atoms with Crippen molar-refractivity contribution in [3.8, 4) is 0 Å². The Bertz CT molecular complexity index is 605. The molecule has 0 unspecified atom stereocenters. The molecule has 2 rings (SSSR count). The highest BCUT2D eigenvalue weighted by molar-refractivity contribution is 7.89. The first kappa shape index (κ1) is 14.6. The molecule has 5 nitrogen and oxygen atoms in total. The summed E-state index contributed by atoms with van der Waals surface area (Å²) in [6.45, 7) is 0. The van der Waals surface area contributed by atoms with Crippen molar-refractivity contribution in [2.45, 2.75) is 29.7 Å². The molecule has 0 atom stereocenters. The van der Waals surface area contributed by atoms with Crippen LogP contribution in [0, 0.1) is 0 Å². The van der Waals surface area contributed by atoms with Crippen LogP contribution < -0.4 is 4.72 Å². The summed E-state index contributed by atoms with van der Waals surface area (Å²) < 4.78 is 26.7. The summed E-state index contributed by atoms with van der Waals surface area (Å²) in [4.78, 5) is 10.9. The van der Waals surface area contributed by atoms with Crippen molar-refractivity contribution < 1.29 is 18.3 Å². The average Bonchev–Trinajstić information content (AvgIpc) is 2.22. The smallest absolute Gasteiger partial charge is 0.324 e. The SMILES string of the molecule is O=C(O)C1(NS(=O)(=O)c2c(Cl)cccc2Cl)CCC1. The normalized spacial score (nSPS) is 17.8. The average molecular weight is 324 g/mol. The van der Waals surface area contributed by atoms with Crippen LogP contribution in [0.3, 0.4) is 0 Å². The van der Waals surface area contributed by atoms with Gasteiger partial charge in [0, 0.05) is 0 Å². The highest BCUT2D eigenvalue weighted by Gasteiger charge is 2.48. The van der Waals surface area contributed by atoms with Crippen LogP contribution in [-0.2, 0) is 14.8 Å². The van der Waals surface area contributed by atoms with Crippen molar-refractivity contribution in [1.29, 1.82) is 0 Å².